The maximum atomic E-state index is 8.89. The van der Waals surface area contributed by atoms with Crippen molar-refractivity contribution in [2.24, 2.45) is 0 Å². The van der Waals surface area contributed by atoms with Crippen molar-refractivity contribution in [2.45, 2.75) is 0 Å². The third-order valence-electron chi connectivity index (χ3n) is 0.969. The first-order valence-corrected chi connectivity index (χ1v) is 3.58. The molecule has 0 heterocycles. The molecule has 0 fully saturated rings. The van der Waals surface area contributed by atoms with Crippen LogP contribution >= 0.6 is 34.8 Å². The molecular formula is C6H3Cl3NaO. The molecule has 0 saturated carbocycles. The predicted molar refractivity (Wildman–Crippen MR) is 48.9 cm³/mol. The third-order valence-corrected chi connectivity index (χ3v) is 2.17. The Morgan fingerprint density at radius 3 is 1.73 bits per heavy atom. The second kappa shape index (κ2) is 4.80. The molecule has 1 aromatic carbocycles. The van der Waals surface area contributed by atoms with Gasteiger partial charge in [-0.2, -0.15) is 0 Å². The van der Waals surface area contributed by atoms with Crippen LogP contribution in [-0.4, -0.2) is 34.7 Å². The maximum absolute atomic E-state index is 8.89. The zero-order valence-corrected chi connectivity index (χ0v) is 10.0. The fraction of sp³-hybridized carbons (Fsp3) is 0. The second-order valence-corrected chi connectivity index (χ2v) is 2.92. The molecule has 1 rings (SSSR count). The van der Waals surface area contributed by atoms with E-state index in [1.807, 2.05) is 0 Å². The van der Waals surface area contributed by atoms with Crippen LogP contribution in [0.15, 0.2) is 12.1 Å². The van der Waals surface area contributed by atoms with Crippen molar-refractivity contribution in [1.82, 2.24) is 0 Å². The maximum Gasteiger partial charge on any atom is 0.118 e. The van der Waals surface area contributed by atoms with E-state index in [0.717, 1.165) is 0 Å². The fourth-order valence-electron chi connectivity index (χ4n) is 0.542. The van der Waals surface area contributed by atoms with Crippen LogP contribution in [0.1, 0.15) is 0 Å². The van der Waals surface area contributed by atoms with Crippen molar-refractivity contribution in [3.05, 3.63) is 27.2 Å². The van der Waals surface area contributed by atoms with Gasteiger partial charge in [-0.15, -0.1) is 0 Å². The second-order valence-electron chi connectivity index (χ2n) is 1.72. The van der Waals surface area contributed by atoms with E-state index in [2.05, 4.69) is 0 Å². The molecule has 55 valence electrons. The van der Waals surface area contributed by atoms with Crippen LogP contribution < -0.4 is 0 Å². The Morgan fingerprint density at radius 2 is 1.36 bits per heavy atom. The molecule has 0 aliphatic carbocycles. The van der Waals surface area contributed by atoms with Crippen molar-refractivity contribution >= 4 is 64.4 Å². The average molecular weight is 220 g/mol. The minimum absolute atomic E-state index is 0. The van der Waals surface area contributed by atoms with Crippen LogP contribution in [-0.2, 0) is 0 Å². The number of rotatable bonds is 0. The summed E-state index contributed by atoms with van der Waals surface area (Å²) in [5.41, 5.74) is 0. The summed E-state index contributed by atoms with van der Waals surface area (Å²) in [6.45, 7) is 0. The number of hydrogen-bond donors (Lipinski definition) is 1. The molecule has 1 N–H and O–H groups in total. The fourth-order valence-corrected chi connectivity index (χ4v) is 1.13. The van der Waals surface area contributed by atoms with Crippen LogP contribution in [0.4, 0.5) is 0 Å². The first-order valence-electron chi connectivity index (χ1n) is 2.45. The molecule has 0 saturated heterocycles. The molecule has 1 aromatic rings. The van der Waals surface area contributed by atoms with Gasteiger partial charge in [0.25, 0.3) is 0 Å². The minimum atomic E-state index is 0. The summed E-state index contributed by atoms with van der Waals surface area (Å²) < 4.78 is 0. The summed E-state index contributed by atoms with van der Waals surface area (Å²) in [6.07, 6.45) is 0. The molecular weight excluding hydrogens is 217 g/mol. The summed E-state index contributed by atoms with van der Waals surface area (Å²) in [6, 6.07) is 2.66. The van der Waals surface area contributed by atoms with E-state index >= 15 is 0 Å². The summed E-state index contributed by atoms with van der Waals surface area (Å²) in [5.74, 6) is 0.0133. The van der Waals surface area contributed by atoms with Crippen molar-refractivity contribution in [3.63, 3.8) is 0 Å². The van der Waals surface area contributed by atoms with Crippen LogP contribution in [0.25, 0.3) is 0 Å². The molecule has 1 radical (unpaired) electrons. The van der Waals surface area contributed by atoms with Gasteiger partial charge in [0.15, 0.2) is 0 Å². The van der Waals surface area contributed by atoms with E-state index in [4.69, 9.17) is 39.9 Å². The standard InChI is InChI=1S/C6H3Cl3O.Na/c7-4-1-3(10)2-5(8)6(4)9;/h1-2,10H;. The van der Waals surface area contributed by atoms with Crippen molar-refractivity contribution in [3.8, 4) is 5.75 Å². The van der Waals surface area contributed by atoms with E-state index in [1.165, 1.54) is 12.1 Å². The zero-order chi connectivity index (χ0) is 7.72. The smallest absolute Gasteiger partial charge is 0.118 e. The Kier molecular flexibility index (Phi) is 5.19. The Hall–Kier alpha value is 0.890. The van der Waals surface area contributed by atoms with Gasteiger partial charge in [0, 0.05) is 41.7 Å². The van der Waals surface area contributed by atoms with Crippen LogP contribution in [0, 0.1) is 0 Å². The SMILES string of the molecule is Oc1cc(Cl)c(Cl)c(Cl)c1.[Na]. The quantitative estimate of drug-likeness (QED) is 0.526. The summed E-state index contributed by atoms with van der Waals surface area (Å²) >= 11 is 16.7. The molecule has 0 aliphatic heterocycles. The van der Waals surface area contributed by atoms with Gasteiger partial charge in [-0.05, 0) is 0 Å². The van der Waals surface area contributed by atoms with Crippen LogP contribution in [0.3, 0.4) is 0 Å². The van der Waals surface area contributed by atoms with Gasteiger partial charge in [0.1, 0.15) is 5.75 Å². The number of benzene rings is 1. The number of halogens is 3. The molecule has 1 nitrogen and oxygen atoms in total. The topological polar surface area (TPSA) is 20.2 Å². The number of phenolic OH excluding ortho intramolecular Hbond substituents is 1. The normalized spacial score (nSPS) is 9.00. The van der Waals surface area contributed by atoms with Crippen molar-refractivity contribution < 1.29 is 5.11 Å². The number of hydrogen-bond acceptors (Lipinski definition) is 1. The first kappa shape index (κ1) is 11.9. The van der Waals surface area contributed by atoms with Crippen LogP contribution in [0.2, 0.25) is 15.1 Å². The Morgan fingerprint density at radius 1 is 1.00 bits per heavy atom. The molecule has 0 aromatic heterocycles. The van der Waals surface area contributed by atoms with E-state index in [1.54, 1.807) is 0 Å². The van der Waals surface area contributed by atoms with Crippen LogP contribution in [0.5, 0.6) is 5.75 Å². The van der Waals surface area contributed by atoms with E-state index in [0.29, 0.717) is 0 Å². The van der Waals surface area contributed by atoms with Gasteiger partial charge in [-0.1, -0.05) is 34.8 Å². The van der Waals surface area contributed by atoms with Crippen molar-refractivity contribution in [2.75, 3.05) is 0 Å². The Bertz CT molecular complexity index is 241. The molecule has 0 aliphatic rings. The largest absolute Gasteiger partial charge is 0.508 e. The van der Waals surface area contributed by atoms with Gasteiger partial charge in [0.2, 0.25) is 0 Å². The molecule has 0 spiro atoms. The zero-order valence-electron chi connectivity index (χ0n) is 5.74. The Labute approximate surface area is 102 Å². The summed E-state index contributed by atoms with van der Waals surface area (Å²) in [4.78, 5) is 0. The average Bonchev–Trinajstić information content (AvgIpc) is 1.82. The molecule has 0 unspecified atom stereocenters. The molecule has 5 heteroatoms. The molecule has 0 amide bonds. The monoisotopic (exact) mass is 219 g/mol. The van der Waals surface area contributed by atoms with Gasteiger partial charge < -0.3 is 5.11 Å². The van der Waals surface area contributed by atoms with E-state index in [9.17, 15) is 0 Å². The van der Waals surface area contributed by atoms with Crippen molar-refractivity contribution in [1.29, 1.82) is 0 Å². The predicted octanol–water partition coefficient (Wildman–Crippen LogP) is 2.97. The number of aromatic hydroxyl groups is 1. The summed E-state index contributed by atoms with van der Waals surface area (Å²) in [7, 11) is 0. The third kappa shape index (κ3) is 3.02. The van der Waals surface area contributed by atoms with E-state index < -0.39 is 0 Å². The van der Waals surface area contributed by atoms with Gasteiger partial charge in [-0.3, -0.25) is 0 Å². The Balaban J connectivity index is 0.000001000. The summed E-state index contributed by atoms with van der Waals surface area (Å²) in [5, 5.41) is 9.67. The molecule has 0 atom stereocenters. The minimum Gasteiger partial charge on any atom is -0.508 e. The molecule has 0 bridgehead atoms. The van der Waals surface area contributed by atoms with Gasteiger partial charge >= 0.3 is 0 Å². The van der Waals surface area contributed by atoms with E-state index in [-0.39, 0.29) is 50.4 Å². The van der Waals surface area contributed by atoms with Gasteiger partial charge in [0.05, 0.1) is 15.1 Å². The molecule has 11 heavy (non-hydrogen) atoms. The number of phenols is 1. The first-order chi connectivity index (χ1) is 4.61. The van der Waals surface area contributed by atoms with Gasteiger partial charge in [-0.25, -0.2) is 0 Å².